The summed E-state index contributed by atoms with van der Waals surface area (Å²) in [5.74, 6) is 0. The minimum absolute atomic E-state index is 0. The molecule has 1 aromatic rings. The summed E-state index contributed by atoms with van der Waals surface area (Å²) < 4.78 is 27.8. The van der Waals surface area contributed by atoms with Gasteiger partial charge in [-0.05, 0) is 13.8 Å². The number of aryl methyl sites for hydroxylation is 1. The van der Waals surface area contributed by atoms with E-state index in [0.29, 0.717) is 13.1 Å². The highest BCUT2D eigenvalue weighted by Gasteiger charge is 2.32. The predicted molar refractivity (Wildman–Crippen MR) is 71.3 cm³/mol. The van der Waals surface area contributed by atoms with E-state index in [-0.39, 0.29) is 29.5 Å². The molecule has 1 N–H and O–H groups in total. The van der Waals surface area contributed by atoms with Gasteiger partial charge in [-0.25, -0.2) is 13.4 Å². The molecule has 104 valence electrons. The molecule has 1 aliphatic rings. The first-order chi connectivity index (χ1) is 7.89. The van der Waals surface area contributed by atoms with Crippen molar-refractivity contribution in [3.05, 3.63) is 12.5 Å². The van der Waals surface area contributed by atoms with Gasteiger partial charge < -0.3 is 9.88 Å². The van der Waals surface area contributed by atoms with E-state index in [9.17, 15) is 8.42 Å². The van der Waals surface area contributed by atoms with Crippen LogP contribution in [0.4, 0.5) is 0 Å². The molecule has 0 amide bonds. The second-order valence-electron chi connectivity index (χ2n) is 4.67. The fraction of sp³-hybridized carbons (Fsp3) is 0.700. The van der Waals surface area contributed by atoms with Gasteiger partial charge in [-0.15, -0.1) is 12.4 Å². The van der Waals surface area contributed by atoms with Crippen LogP contribution in [0.25, 0.3) is 0 Å². The molecule has 1 fully saturated rings. The van der Waals surface area contributed by atoms with E-state index >= 15 is 0 Å². The smallest absolute Gasteiger partial charge is 0.262 e. The van der Waals surface area contributed by atoms with Crippen molar-refractivity contribution in [2.75, 3.05) is 13.1 Å². The van der Waals surface area contributed by atoms with Crippen molar-refractivity contribution in [1.82, 2.24) is 19.2 Å². The number of nitrogens with one attached hydrogen (secondary N) is 1. The number of halogens is 1. The van der Waals surface area contributed by atoms with Crippen LogP contribution in [0.15, 0.2) is 17.6 Å². The van der Waals surface area contributed by atoms with Crippen molar-refractivity contribution in [3.8, 4) is 0 Å². The average molecular weight is 295 g/mol. The summed E-state index contributed by atoms with van der Waals surface area (Å²) in [6.45, 7) is 4.94. The third kappa shape index (κ3) is 3.03. The van der Waals surface area contributed by atoms with Crippen molar-refractivity contribution < 1.29 is 8.42 Å². The van der Waals surface area contributed by atoms with Crippen molar-refractivity contribution in [3.63, 3.8) is 0 Å². The Bertz CT molecular complexity index is 492. The van der Waals surface area contributed by atoms with Crippen molar-refractivity contribution in [2.45, 2.75) is 31.0 Å². The van der Waals surface area contributed by atoms with Gasteiger partial charge in [0.25, 0.3) is 10.0 Å². The summed E-state index contributed by atoms with van der Waals surface area (Å²) in [4.78, 5) is 3.93. The highest BCUT2D eigenvalue weighted by molar-refractivity contribution is 7.89. The number of nitrogens with zero attached hydrogens (tertiary/aromatic N) is 3. The Labute approximate surface area is 114 Å². The predicted octanol–water partition coefficient (Wildman–Crippen LogP) is 0.213. The van der Waals surface area contributed by atoms with Gasteiger partial charge in [-0.2, -0.15) is 4.31 Å². The molecule has 1 aromatic heterocycles. The van der Waals surface area contributed by atoms with Gasteiger partial charge in [0.2, 0.25) is 0 Å². The summed E-state index contributed by atoms with van der Waals surface area (Å²) in [6, 6.07) is 0.328. The van der Waals surface area contributed by atoms with Gasteiger partial charge >= 0.3 is 0 Å². The highest BCUT2D eigenvalue weighted by atomic mass is 35.5. The van der Waals surface area contributed by atoms with Gasteiger partial charge in [0.05, 0.1) is 6.33 Å². The number of rotatable bonds is 2. The van der Waals surface area contributed by atoms with Gasteiger partial charge in [0.15, 0.2) is 5.03 Å². The summed E-state index contributed by atoms with van der Waals surface area (Å²) >= 11 is 0. The van der Waals surface area contributed by atoms with Gasteiger partial charge in [0, 0.05) is 38.4 Å². The molecule has 2 atom stereocenters. The quantitative estimate of drug-likeness (QED) is 0.847. The molecular formula is C10H19ClN4O2S. The molecule has 1 saturated heterocycles. The Morgan fingerprint density at radius 2 is 1.89 bits per heavy atom. The SMILES string of the molecule is CC1CN(S(=O)(=O)c2cn(C)cn2)CC(C)N1.Cl. The Morgan fingerprint density at radius 1 is 1.33 bits per heavy atom. The molecule has 6 nitrogen and oxygen atoms in total. The Morgan fingerprint density at radius 3 is 2.33 bits per heavy atom. The maximum Gasteiger partial charge on any atom is 0.262 e. The van der Waals surface area contributed by atoms with E-state index in [0.717, 1.165) is 0 Å². The maximum absolute atomic E-state index is 12.3. The molecule has 2 heterocycles. The second kappa shape index (κ2) is 5.56. The number of imidazole rings is 1. The van der Waals surface area contributed by atoms with Crippen molar-refractivity contribution in [1.29, 1.82) is 0 Å². The van der Waals surface area contributed by atoms with E-state index in [4.69, 9.17) is 0 Å². The lowest BCUT2D eigenvalue weighted by molar-refractivity contribution is 0.262. The van der Waals surface area contributed by atoms with Crippen LogP contribution >= 0.6 is 12.4 Å². The van der Waals surface area contributed by atoms with E-state index in [1.54, 1.807) is 11.6 Å². The third-order valence-electron chi connectivity index (χ3n) is 2.81. The lowest BCUT2D eigenvalue weighted by atomic mass is 10.2. The van der Waals surface area contributed by atoms with Crippen molar-refractivity contribution >= 4 is 22.4 Å². The summed E-state index contributed by atoms with van der Waals surface area (Å²) in [6.07, 6.45) is 3.04. The molecule has 0 radical (unpaired) electrons. The first-order valence-electron chi connectivity index (χ1n) is 5.64. The van der Waals surface area contributed by atoms with Crippen LogP contribution in [0.5, 0.6) is 0 Å². The molecule has 2 unspecified atom stereocenters. The molecular weight excluding hydrogens is 276 g/mol. The Hall–Kier alpha value is -0.630. The number of hydrogen-bond donors (Lipinski definition) is 1. The summed E-state index contributed by atoms with van der Waals surface area (Å²) in [5.41, 5.74) is 0. The van der Waals surface area contributed by atoms with E-state index in [2.05, 4.69) is 10.3 Å². The number of sulfonamides is 1. The second-order valence-corrected chi connectivity index (χ2v) is 6.55. The molecule has 1 aliphatic heterocycles. The minimum atomic E-state index is -3.45. The molecule has 0 saturated carbocycles. The zero-order valence-electron chi connectivity index (χ0n) is 10.7. The summed E-state index contributed by atoms with van der Waals surface area (Å²) in [7, 11) is -1.69. The first kappa shape index (κ1) is 15.4. The fourth-order valence-corrected chi connectivity index (χ4v) is 3.71. The lowest BCUT2D eigenvalue weighted by Gasteiger charge is -2.34. The van der Waals surface area contributed by atoms with E-state index in [1.807, 2.05) is 13.8 Å². The zero-order chi connectivity index (χ0) is 12.6. The molecule has 18 heavy (non-hydrogen) atoms. The standard InChI is InChI=1S/C10H18N4O2S.ClH/c1-8-4-14(5-9(2)12-8)17(15,16)10-6-13(3)7-11-10;/h6-9,12H,4-5H2,1-3H3;1H. The van der Waals surface area contributed by atoms with E-state index in [1.165, 1.54) is 16.8 Å². The Balaban J connectivity index is 0.00000162. The monoisotopic (exact) mass is 294 g/mol. The fourth-order valence-electron chi connectivity index (χ4n) is 2.13. The van der Waals surface area contributed by atoms with Crippen LogP contribution in [0.3, 0.4) is 0 Å². The van der Waals surface area contributed by atoms with Crippen LogP contribution in [0, 0.1) is 0 Å². The van der Waals surface area contributed by atoms with Gasteiger partial charge in [0.1, 0.15) is 0 Å². The van der Waals surface area contributed by atoms with Crippen LogP contribution < -0.4 is 5.32 Å². The topological polar surface area (TPSA) is 67.2 Å². The molecule has 0 bridgehead atoms. The van der Waals surface area contributed by atoms with Crippen LogP contribution in [0.1, 0.15) is 13.8 Å². The minimum Gasteiger partial charge on any atom is -0.339 e. The number of aromatic nitrogens is 2. The normalized spacial score (nSPS) is 25.7. The van der Waals surface area contributed by atoms with Gasteiger partial charge in [-0.1, -0.05) is 0 Å². The molecule has 0 aromatic carbocycles. The maximum atomic E-state index is 12.3. The summed E-state index contributed by atoms with van der Waals surface area (Å²) in [5, 5.41) is 3.43. The number of hydrogen-bond acceptors (Lipinski definition) is 4. The number of piperazine rings is 1. The van der Waals surface area contributed by atoms with Crippen LogP contribution in [-0.4, -0.2) is 47.4 Å². The Kier molecular flexibility index (Phi) is 4.77. The first-order valence-corrected chi connectivity index (χ1v) is 7.08. The van der Waals surface area contributed by atoms with E-state index < -0.39 is 10.0 Å². The lowest BCUT2D eigenvalue weighted by Crippen LogP contribution is -2.55. The van der Waals surface area contributed by atoms with Crippen molar-refractivity contribution in [2.24, 2.45) is 7.05 Å². The average Bonchev–Trinajstić information content (AvgIpc) is 2.64. The largest absolute Gasteiger partial charge is 0.339 e. The third-order valence-corrected chi connectivity index (χ3v) is 4.53. The molecule has 0 aliphatic carbocycles. The van der Waals surface area contributed by atoms with Crippen LogP contribution in [-0.2, 0) is 17.1 Å². The van der Waals surface area contributed by atoms with Crippen LogP contribution in [0.2, 0.25) is 0 Å². The molecule has 8 heteroatoms. The highest BCUT2D eigenvalue weighted by Crippen LogP contribution is 2.16. The zero-order valence-corrected chi connectivity index (χ0v) is 12.3. The molecule has 0 spiro atoms. The molecule has 2 rings (SSSR count). The van der Waals surface area contributed by atoms with Gasteiger partial charge in [-0.3, -0.25) is 0 Å².